The van der Waals surface area contributed by atoms with Crippen molar-refractivity contribution >= 4 is 15.9 Å². The van der Waals surface area contributed by atoms with Crippen molar-refractivity contribution in [2.24, 2.45) is 0 Å². The Balaban J connectivity index is 1.98. The van der Waals surface area contributed by atoms with E-state index in [9.17, 15) is 13.2 Å². The number of amides is 1. The second-order valence-corrected chi connectivity index (χ2v) is 9.03. The summed E-state index contributed by atoms with van der Waals surface area (Å²) < 4.78 is 33.1. The average Bonchev–Trinajstić information content (AvgIpc) is 2.59. The Bertz CT molecular complexity index is 857. The lowest BCUT2D eigenvalue weighted by molar-refractivity contribution is -0.124. The second kappa shape index (κ2) is 8.54. The quantitative estimate of drug-likeness (QED) is 0.761. The second-order valence-electron chi connectivity index (χ2n) is 7.31. The summed E-state index contributed by atoms with van der Waals surface area (Å²) >= 11 is 0. The first-order valence-electron chi connectivity index (χ1n) is 8.68. The minimum atomic E-state index is -3.66. The summed E-state index contributed by atoms with van der Waals surface area (Å²) in [5, 5.41) is 2.79. The zero-order valence-electron chi connectivity index (χ0n) is 16.0. The molecule has 2 N–H and O–H groups in total. The molecule has 1 amide bonds. The van der Waals surface area contributed by atoms with Gasteiger partial charge in [0.2, 0.25) is 10.0 Å². The van der Waals surface area contributed by atoms with E-state index < -0.39 is 10.0 Å². The van der Waals surface area contributed by atoms with Crippen molar-refractivity contribution in [2.45, 2.75) is 44.2 Å². The number of carbonyl (C=O) groups excluding carboxylic acids is 1. The van der Waals surface area contributed by atoms with Gasteiger partial charge in [0, 0.05) is 11.6 Å². The van der Waals surface area contributed by atoms with Crippen LogP contribution in [-0.2, 0) is 14.8 Å². The molecule has 2 rings (SSSR count). The first kappa shape index (κ1) is 20.9. The number of rotatable bonds is 7. The fourth-order valence-corrected chi connectivity index (χ4v) is 3.66. The predicted molar refractivity (Wildman–Crippen MR) is 105 cm³/mol. The van der Waals surface area contributed by atoms with E-state index in [0.29, 0.717) is 5.75 Å². The van der Waals surface area contributed by atoms with Gasteiger partial charge in [-0.15, -0.1) is 0 Å². The molecule has 0 aliphatic carbocycles. The fraction of sp³-hybridized carbons (Fsp3) is 0.350. The molecule has 0 aromatic heterocycles. The van der Waals surface area contributed by atoms with Crippen molar-refractivity contribution < 1.29 is 17.9 Å². The van der Waals surface area contributed by atoms with Gasteiger partial charge in [0.15, 0.2) is 6.61 Å². The van der Waals surface area contributed by atoms with Gasteiger partial charge in [-0.25, -0.2) is 13.1 Å². The monoisotopic (exact) mass is 390 g/mol. The topological polar surface area (TPSA) is 84.5 Å². The summed E-state index contributed by atoms with van der Waals surface area (Å²) in [6, 6.07) is 15.0. The van der Waals surface area contributed by atoms with Gasteiger partial charge in [-0.3, -0.25) is 4.79 Å². The molecule has 0 aliphatic rings. The highest BCUT2D eigenvalue weighted by Gasteiger charge is 2.18. The van der Waals surface area contributed by atoms with Gasteiger partial charge in [-0.05, 0) is 57.5 Å². The van der Waals surface area contributed by atoms with E-state index in [-0.39, 0.29) is 29.0 Å². The summed E-state index contributed by atoms with van der Waals surface area (Å²) in [6.45, 7) is 7.31. The van der Waals surface area contributed by atoms with Crippen molar-refractivity contribution in [1.29, 1.82) is 0 Å². The maximum atomic E-state index is 12.5. The number of carbonyl (C=O) groups is 1. The summed E-state index contributed by atoms with van der Waals surface area (Å²) in [7, 11) is -3.66. The van der Waals surface area contributed by atoms with E-state index in [0.717, 1.165) is 5.56 Å². The molecule has 0 spiro atoms. The molecule has 0 saturated heterocycles. The van der Waals surface area contributed by atoms with Crippen LogP contribution in [0.5, 0.6) is 5.75 Å². The number of nitrogens with one attached hydrogen (secondary N) is 2. The number of ether oxygens (including phenoxy) is 1. The molecule has 0 heterocycles. The van der Waals surface area contributed by atoms with Gasteiger partial charge in [0.05, 0.1) is 4.90 Å². The Hall–Kier alpha value is -2.38. The Morgan fingerprint density at radius 2 is 1.63 bits per heavy atom. The van der Waals surface area contributed by atoms with Crippen LogP contribution in [0.15, 0.2) is 59.5 Å². The average molecular weight is 391 g/mol. The van der Waals surface area contributed by atoms with Crippen LogP contribution in [0.1, 0.15) is 39.3 Å². The van der Waals surface area contributed by atoms with Crippen LogP contribution in [0.25, 0.3) is 0 Å². The standard InChI is InChI=1S/C20H26N2O4S/c1-15(16-8-6-5-7-9-16)22-27(24,25)18-12-10-17(11-13-18)26-14-19(23)21-20(2,3)4/h5-13,15,22H,14H2,1-4H3,(H,21,23)/t15-/m1/s1. The third-order valence-corrected chi connectivity index (χ3v) is 5.21. The van der Waals surface area contributed by atoms with Crippen molar-refractivity contribution in [2.75, 3.05) is 6.61 Å². The molecule has 0 bridgehead atoms. The van der Waals surface area contributed by atoms with Gasteiger partial charge in [-0.2, -0.15) is 0 Å². The first-order valence-corrected chi connectivity index (χ1v) is 10.2. The normalized spacial score (nSPS) is 13.0. The van der Waals surface area contributed by atoms with Crippen LogP contribution in [0, 0.1) is 0 Å². The highest BCUT2D eigenvalue weighted by molar-refractivity contribution is 7.89. The molecule has 0 fully saturated rings. The van der Waals surface area contributed by atoms with Gasteiger partial charge >= 0.3 is 0 Å². The maximum absolute atomic E-state index is 12.5. The summed E-state index contributed by atoms with van der Waals surface area (Å²) in [5.41, 5.74) is 0.547. The van der Waals surface area contributed by atoms with Crippen LogP contribution >= 0.6 is 0 Å². The van der Waals surface area contributed by atoms with E-state index in [1.165, 1.54) is 24.3 Å². The minimum Gasteiger partial charge on any atom is -0.484 e. The lowest BCUT2D eigenvalue weighted by atomic mass is 10.1. The predicted octanol–water partition coefficient (Wildman–Crippen LogP) is 3.02. The SMILES string of the molecule is C[C@@H](NS(=O)(=O)c1ccc(OCC(=O)NC(C)(C)C)cc1)c1ccccc1. The molecule has 7 heteroatoms. The van der Waals surface area contributed by atoms with Crippen molar-refractivity contribution in [3.63, 3.8) is 0 Å². The number of sulfonamides is 1. The number of benzene rings is 2. The molecule has 0 radical (unpaired) electrons. The molecule has 2 aromatic rings. The van der Waals surface area contributed by atoms with Gasteiger partial charge in [0.25, 0.3) is 5.91 Å². The van der Waals surface area contributed by atoms with Crippen LogP contribution in [0.3, 0.4) is 0 Å². The van der Waals surface area contributed by atoms with E-state index in [1.807, 2.05) is 51.1 Å². The van der Waals surface area contributed by atoms with Crippen molar-refractivity contribution in [1.82, 2.24) is 10.0 Å². The largest absolute Gasteiger partial charge is 0.484 e. The number of hydrogen-bond donors (Lipinski definition) is 2. The lowest BCUT2D eigenvalue weighted by Crippen LogP contribution is -2.43. The summed E-state index contributed by atoms with van der Waals surface area (Å²) in [6.07, 6.45) is 0. The first-order chi connectivity index (χ1) is 12.6. The molecule has 0 saturated carbocycles. The molecule has 146 valence electrons. The Morgan fingerprint density at radius 3 is 2.19 bits per heavy atom. The fourth-order valence-electron chi connectivity index (χ4n) is 2.43. The van der Waals surface area contributed by atoms with E-state index >= 15 is 0 Å². The van der Waals surface area contributed by atoms with E-state index in [2.05, 4.69) is 10.0 Å². The smallest absolute Gasteiger partial charge is 0.258 e. The molecule has 6 nitrogen and oxygen atoms in total. The van der Waals surface area contributed by atoms with Crippen LogP contribution in [0.2, 0.25) is 0 Å². The Kier molecular flexibility index (Phi) is 6.62. The van der Waals surface area contributed by atoms with Gasteiger partial charge in [0.1, 0.15) is 5.75 Å². The highest BCUT2D eigenvalue weighted by atomic mass is 32.2. The summed E-state index contributed by atoms with van der Waals surface area (Å²) in [5.74, 6) is 0.187. The maximum Gasteiger partial charge on any atom is 0.258 e. The highest BCUT2D eigenvalue weighted by Crippen LogP contribution is 2.19. The zero-order chi connectivity index (χ0) is 20.1. The Morgan fingerprint density at radius 1 is 1.04 bits per heavy atom. The van der Waals surface area contributed by atoms with Crippen LogP contribution in [0.4, 0.5) is 0 Å². The zero-order valence-corrected chi connectivity index (χ0v) is 16.8. The van der Waals surface area contributed by atoms with E-state index in [1.54, 1.807) is 6.92 Å². The molecule has 0 aliphatic heterocycles. The number of hydrogen-bond acceptors (Lipinski definition) is 4. The third kappa shape index (κ3) is 6.69. The molecular formula is C20H26N2O4S. The molecule has 27 heavy (non-hydrogen) atoms. The molecule has 2 aromatic carbocycles. The van der Waals surface area contributed by atoms with Gasteiger partial charge in [-0.1, -0.05) is 30.3 Å². The third-order valence-electron chi connectivity index (χ3n) is 3.65. The van der Waals surface area contributed by atoms with Crippen LogP contribution in [-0.4, -0.2) is 26.5 Å². The molecular weight excluding hydrogens is 364 g/mol. The molecule has 1 atom stereocenters. The van der Waals surface area contributed by atoms with Crippen molar-refractivity contribution in [3.05, 3.63) is 60.2 Å². The summed E-state index contributed by atoms with van der Waals surface area (Å²) in [4.78, 5) is 11.9. The minimum absolute atomic E-state index is 0.132. The molecule has 0 unspecified atom stereocenters. The van der Waals surface area contributed by atoms with Crippen LogP contribution < -0.4 is 14.8 Å². The lowest BCUT2D eigenvalue weighted by Gasteiger charge is -2.20. The van der Waals surface area contributed by atoms with Gasteiger partial charge < -0.3 is 10.1 Å². The van der Waals surface area contributed by atoms with Crippen molar-refractivity contribution in [3.8, 4) is 5.75 Å². The Labute approximate surface area is 161 Å². The van der Waals surface area contributed by atoms with E-state index in [4.69, 9.17) is 4.74 Å².